The van der Waals surface area contributed by atoms with Crippen LogP contribution in [0.4, 0.5) is 0 Å². The first kappa shape index (κ1) is 15.4. The third-order valence-electron chi connectivity index (χ3n) is 3.99. The molecule has 2 aliphatic heterocycles. The number of amides is 1. The van der Waals surface area contributed by atoms with E-state index in [1.807, 2.05) is 25.1 Å². The largest absolute Gasteiger partial charge is 0.484 e. The fourth-order valence-corrected chi connectivity index (χ4v) is 2.66. The Bertz CT molecular complexity index is 806. The first-order valence-electron chi connectivity index (χ1n) is 7.90. The highest BCUT2D eigenvalue weighted by Gasteiger charge is 2.18. The third kappa shape index (κ3) is 3.26. The van der Waals surface area contributed by atoms with Crippen LogP contribution in [0.3, 0.4) is 0 Å². The van der Waals surface area contributed by atoms with Gasteiger partial charge in [-0.05, 0) is 36.8 Å². The van der Waals surface area contributed by atoms with Crippen LogP contribution in [0.2, 0.25) is 0 Å². The van der Waals surface area contributed by atoms with Crippen molar-refractivity contribution in [2.45, 2.75) is 13.0 Å². The molecule has 0 unspecified atom stereocenters. The SMILES string of the molecule is C[C@H](NC(=O)COc1ccc2c(c1)OCO2)c1ccc2c(c1)OCO2. The molecule has 0 bridgehead atoms. The summed E-state index contributed by atoms with van der Waals surface area (Å²) in [6.07, 6.45) is 0. The van der Waals surface area contributed by atoms with Crippen LogP contribution in [0.5, 0.6) is 28.7 Å². The van der Waals surface area contributed by atoms with E-state index < -0.39 is 0 Å². The van der Waals surface area contributed by atoms with Crippen LogP contribution < -0.4 is 29.0 Å². The highest BCUT2D eigenvalue weighted by Crippen LogP contribution is 2.35. The van der Waals surface area contributed by atoms with E-state index in [-0.39, 0.29) is 32.1 Å². The smallest absolute Gasteiger partial charge is 0.258 e. The summed E-state index contributed by atoms with van der Waals surface area (Å²) in [5, 5.41) is 2.89. The lowest BCUT2D eigenvalue weighted by atomic mass is 10.1. The Labute approximate surface area is 144 Å². The zero-order valence-electron chi connectivity index (χ0n) is 13.6. The van der Waals surface area contributed by atoms with Crippen LogP contribution in [0, 0.1) is 0 Å². The van der Waals surface area contributed by atoms with Crippen molar-refractivity contribution in [1.82, 2.24) is 5.32 Å². The molecule has 0 fully saturated rings. The number of fused-ring (bicyclic) bond motifs is 2. The van der Waals surface area contributed by atoms with Gasteiger partial charge in [-0.15, -0.1) is 0 Å². The number of nitrogens with one attached hydrogen (secondary N) is 1. The lowest BCUT2D eigenvalue weighted by Crippen LogP contribution is -2.31. The maximum atomic E-state index is 12.1. The number of benzene rings is 2. The van der Waals surface area contributed by atoms with Gasteiger partial charge >= 0.3 is 0 Å². The van der Waals surface area contributed by atoms with Gasteiger partial charge in [0.05, 0.1) is 6.04 Å². The molecule has 0 spiro atoms. The number of carbonyl (C=O) groups is 1. The Balaban J connectivity index is 1.32. The van der Waals surface area contributed by atoms with Crippen LogP contribution >= 0.6 is 0 Å². The van der Waals surface area contributed by atoms with Crippen molar-refractivity contribution in [3.05, 3.63) is 42.0 Å². The summed E-state index contributed by atoms with van der Waals surface area (Å²) < 4.78 is 26.7. The molecule has 1 amide bonds. The van der Waals surface area contributed by atoms with Gasteiger partial charge in [-0.1, -0.05) is 6.07 Å². The lowest BCUT2D eigenvalue weighted by molar-refractivity contribution is -0.123. The summed E-state index contributed by atoms with van der Waals surface area (Å²) in [6, 6.07) is 10.6. The van der Waals surface area contributed by atoms with Crippen molar-refractivity contribution in [2.75, 3.05) is 20.2 Å². The molecule has 1 N–H and O–H groups in total. The quantitative estimate of drug-likeness (QED) is 0.898. The average Bonchev–Trinajstić information content (AvgIpc) is 3.27. The predicted molar refractivity (Wildman–Crippen MR) is 87.2 cm³/mol. The molecule has 2 aliphatic rings. The Morgan fingerprint density at radius 2 is 1.64 bits per heavy atom. The van der Waals surface area contributed by atoms with Gasteiger partial charge in [0.15, 0.2) is 29.6 Å². The fourth-order valence-electron chi connectivity index (χ4n) is 2.66. The topological polar surface area (TPSA) is 75.3 Å². The van der Waals surface area contributed by atoms with Gasteiger partial charge in [-0.3, -0.25) is 4.79 Å². The number of hydrogen-bond acceptors (Lipinski definition) is 6. The zero-order valence-corrected chi connectivity index (χ0v) is 13.6. The van der Waals surface area contributed by atoms with Crippen LogP contribution in [0.15, 0.2) is 36.4 Å². The van der Waals surface area contributed by atoms with Gasteiger partial charge < -0.3 is 29.0 Å². The molecule has 7 heteroatoms. The summed E-state index contributed by atoms with van der Waals surface area (Å²) in [4.78, 5) is 12.1. The second kappa shape index (κ2) is 6.43. The monoisotopic (exact) mass is 343 g/mol. The van der Waals surface area contributed by atoms with Crippen LogP contribution in [-0.2, 0) is 4.79 Å². The lowest BCUT2D eigenvalue weighted by Gasteiger charge is -2.15. The minimum Gasteiger partial charge on any atom is -0.484 e. The van der Waals surface area contributed by atoms with E-state index in [0.717, 1.165) is 5.56 Å². The van der Waals surface area contributed by atoms with Crippen molar-refractivity contribution in [1.29, 1.82) is 0 Å². The van der Waals surface area contributed by atoms with Gasteiger partial charge in [0, 0.05) is 6.07 Å². The Hall–Kier alpha value is -3.09. The minimum absolute atomic E-state index is 0.0888. The van der Waals surface area contributed by atoms with E-state index in [2.05, 4.69) is 5.32 Å². The van der Waals surface area contributed by atoms with E-state index in [4.69, 9.17) is 23.7 Å². The van der Waals surface area contributed by atoms with Crippen LogP contribution in [0.1, 0.15) is 18.5 Å². The third-order valence-corrected chi connectivity index (χ3v) is 3.99. The fraction of sp³-hybridized carbons (Fsp3) is 0.278. The van der Waals surface area contributed by atoms with Crippen molar-refractivity contribution in [3.8, 4) is 28.7 Å². The van der Waals surface area contributed by atoms with Crippen LogP contribution in [0.25, 0.3) is 0 Å². The Morgan fingerprint density at radius 1 is 1.00 bits per heavy atom. The second-order valence-electron chi connectivity index (χ2n) is 5.71. The van der Waals surface area contributed by atoms with Crippen molar-refractivity contribution in [3.63, 3.8) is 0 Å². The van der Waals surface area contributed by atoms with E-state index >= 15 is 0 Å². The molecule has 0 radical (unpaired) electrons. The van der Waals surface area contributed by atoms with Gasteiger partial charge in [0.2, 0.25) is 13.6 Å². The number of carbonyl (C=O) groups excluding carboxylic acids is 1. The molecule has 25 heavy (non-hydrogen) atoms. The highest BCUT2D eigenvalue weighted by atomic mass is 16.7. The standard InChI is InChI=1S/C18H17NO6/c1-11(12-2-4-14-16(6-12)24-9-22-14)19-18(20)8-21-13-3-5-15-17(7-13)25-10-23-15/h2-7,11H,8-10H2,1H3,(H,19,20)/t11-/m0/s1. The summed E-state index contributed by atoms with van der Waals surface area (Å²) in [5.74, 6) is 3.03. The second-order valence-corrected chi connectivity index (χ2v) is 5.71. The first-order chi connectivity index (χ1) is 12.2. The molecule has 7 nitrogen and oxygen atoms in total. The molecular weight excluding hydrogens is 326 g/mol. The molecular formula is C18H17NO6. The highest BCUT2D eigenvalue weighted by molar-refractivity contribution is 5.78. The van der Waals surface area contributed by atoms with Crippen molar-refractivity contribution < 1.29 is 28.5 Å². The zero-order chi connectivity index (χ0) is 17.2. The maximum Gasteiger partial charge on any atom is 0.258 e. The summed E-state index contributed by atoms with van der Waals surface area (Å²) >= 11 is 0. The van der Waals surface area contributed by atoms with E-state index in [1.54, 1.807) is 18.2 Å². The Morgan fingerprint density at radius 3 is 2.40 bits per heavy atom. The summed E-state index contributed by atoms with van der Waals surface area (Å²) in [5.41, 5.74) is 0.931. The normalized spacial score (nSPS) is 14.9. The molecule has 0 saturated carbocycles. The Kier molecular flexibility index (Phi) is 3.97. The number of hydrogen-bond donors (Lipinski definition) is 1. The van der Waals surface area contributed by atoms with E-state index in [9.17, 15) is 4.79 Å². The average molecular weight is 343 g/mol. The number of ether oxygens (including phenoxy) is 5. The molecule has 0 aromatic heterocycles. The van der Waals surface area contributed by atoms with Crippen molar-refractivity contribution >= 4 is 5.91 Å². The molecule has 4 rings (SSSR count). The first-order valence-corrected chi connectivity index (χ1v) is 7.90. The summed E-state index contributed by atoms with van der Waals surface area (Å²) in [6.45, 7) is 2.24. The van der Waals surface area contributed by atoms with E-state index in [0.29, 0.717) is 28.7 Å². The molecule has 0 aliphatic carbocycles. The van der Waals surface area contributed by atoms with E-state index in [1.165, 1.54) is 0 Å². The van der Waals surface area contributed by atoms with Crippen LogP contribution in [-0.4, -0.2) is 26.1 Å². The van der Waals surface area contributed by atoms with Gasteiger partial charge in [-0.2, -0.15) is 0 Å². The summed E-state index contributed by atoms with van der Waals surface area (Å²) in [7, 11) is 0. The molecule has 2 aromatic carbocycles. The number of rotatable bonds is 5. The molecule has 2 aromatic rings. The molecule has 0 saturated heterocycles. The van der Waals surface area contributed by atoms with Gasteiger partial charge in [0.1, 0.15) is 5.75 Å². The molecule has 130 valence electrons. The van der Waals surface area contributed by atoms with Gasteiger partial charge in [0.25, 0.3) is 5.91 Å². The minimum atomic E-state index is -0.220. The van der Waals surface area contributed by atoms with Gasteiger partial charge in [-0.25, -0.2) is 0 Å². The molecule has 2 heterocycles. The maximum absolute atomic E-state index is 12.1. The van der Waals surface area contributed by atoms with Crippen molar-refractivity contribution in [2.24, 2.45) is 0 Å². The predicted octanol–water partition coefficient (Wildman–Crippen LogP) is 2.40. The molecule has 1 atom stereocenters.